The van der Waals surface area contributed by atoms with Crippen LogP contribution in [0.1, 0.15) is 191 Å². The van der Waals surface area contributed by atoms with E-state index in [1.807, 2.05) is 90.1 Å². The number of hydrogen-bond acceptors (Lipinski definition) is 9. The van der Waals surface area contributed by atoms with E-state index in [-0.39, 0.29) is 32.5 Å². The van der Waals surface area contributed by atoms with Crippen molar-refractivity contribution in [2.24, 2.45) is 0 Å². The molecular weight excluding hydrogens is 985 g/mol. The van der Waals surface area contributed by atoms with Crippen molar-refractivity contribution in [3.63, 3.8) is 0 Å². The number of aromatic hydroxyl groups is 6. The lowest BCUT2D eigenvalue weighted by Gasteiger charge is -2.24. The molecule has 0 radical (unpaired) electrons. The minimum Gasteiger partial charge on any atom is -0.508 e. The summed E-state index contributed by atoms with van der Waals surface area (Å²) in [5.74, 6) is 2.09. The molecule has 0 aromatic heterocycles. The van der Waals surface area contributed by atoms with E-state index in [1.165, 1.54) is 11.8 Å². The summed E-state index contributed by atoms with van der Waals surface area (Å²) >= 11 is 4.80. The van der Waals surface area contributed by atoms with Gasteiger partial charge in [0.15, 0.2) is 0 Å². The van der Waals surface area contributed by atoms with Crippen LogP contribution in [-0.4, -0.2) is 30.6 Å². The molecule has 6 nitrogen and oxygen atoms in total. The first-order valence-electron chi connectivity index (χ1n) is 26.0. The van der Waals surface area contributed by atoms with Crippen molar-refractivity contribution in [1.82, 2.24) is 0 Å². The van der Waals surface area contributed by atoms with Crippen LogP contribution < -0.4 is 0 Å². The van der Waals surface area contributed by atoms with Crippen molar-refractivity contribution in [3.8, 4) is 34.5 Å². The molecule has 0 bridgehead atoms. The van der Waals surface area contributed by atoms with Crippen LogP contribution in [0, 0.1) is 41.5 Å². The van der Waals surface area contributed by atoms with E-state index in [4.69, 9.17) is 0 Å². The van der Waals surface area contributed by atoms with Gasteiger partial charge < -0.3 is 30.6 Å². The molecule has 0 aliphatic carbocycles. The minimum atomic E-state index is -0.142. The largest absolute Gasteiger partial charge is 0.508 e. The van der Waals surface area contributed by atoms with E-state index < -0.39 is 0 Å². The lowest BCUT2D eigenvalue weighted by molar-refractivity contribution is 0.432. The third-order valence-corrected chi connectivity index (χ3v) is 16.4. The summed E-state index contributed by atoms with van der Waals surface area (Å²) in [6, 6.07) is 24.1. The number of aryl methyl sites for hydroxylation is 6. The molecule has 9 heteroatoms. The Morgan fingerprint density at radius 1 is 0.253 bits per heavy atom. The summed E-state index contributed by atoms with van der Waals surface area (Å²) in [5.41, 5.74) is 11.0. The third-order valence-electron chi connectivity index (χ3n) is 13.1. The van der Waals surface area contributed by atoms with E-state index in [0.29, 0.717) is 34.5 Å². The molecule has 0 spiro atoms. The summed E-state index contributed by atoms with van der Waals surface area (Å²) < 4.78 is 0. The van der Waals surface area contributed by atoms with Gasteiger partial charge in [0.1, 0.15) is 34.5 Å². The lowest BCUT2D eigenvalue weighted by Crippen LogP contribution is -2.12. The summed E-state index contributed by atoms with van der Waals surface area (Å²) in [4.78, 5) is 6.04. The van der Waals surface area contributed by atoms with Gasteiger partial charge in [0, 0.05) is 53.0 Å². The molecule has 75 heavy (non-hydrogen) atoms. The first kappa shape index (κ1) is 62.7. The van der Waals surface area contributed by atoms with Crippen LogP contribution >= 0.6 is 35.3 Å². The van der Waals surface area contributed by atoms with E-state index in [0.717, 1.165) is 96.1 Å². The minimum absolute atomic E-state index is 0.117. The van der Waals surface area contributed by atoms with Gasteiger partial charge in [-0.25, -0.2) is 0 Å². The van der Waals surface area contributed by atoms with Crippen molar-refractivity contribution in [2.45, 2.75) is 228 Å². The molecule has 6 rings (SSSR count). The Morgan fingerprint density at radius 3 is 0.800 bits per heavy atom. The molecule has 6 N–H and O–H groups in total. The molecule has 0 saturated carbocycles. The van der Waals surface area contributed by atoms with Gasteiger partial charge in [-0.2, -0.15) is 0 Å². The van der Waals surface area contributed by atoms with Crippen LogP contribution in [0.15, 0.2) is 102 Å². The normalized spacial score (nSPS) is 12.5. The van der Waals surface area contributed by atoms with Crippen LogP contribution in [0.3, 0.4) is 0 Å². The molecule has 0 fully saturated rings. The van der Waals surface area contributed by atoms with Crippen LogP contribution in [0.4, 0.5) is 0 Å². The summed E-state index contributed by atoms with van der Waals surface area (Å²) in [7, 11) is 0. The molecule has 408 valence electrons. The van der Waals surface area contributed by atoms with E-state index in [1.54, 1.807) is 23.5 Å². The first-order valence-corrected chi connectivity index (χ1v) is 28.4. The van der Waals surface area contributed by atoms with Gasteiger partial charge in [-0.3, -0.25) is 0 Å². The molecule has 0 unspecified atom stereocenters. The quantitative estimate of drug-likeness (QED) is 0.0968. The molecular formula is C66H90O6S3. The van der Waals surface area contributed by atoms with Crippen LogP contribution in [-0.2, 0) is 32.5 Å². The fourth-order valence-electron chi connectivity index (χ4n) is 8.68. The maximum atomic E-state index is 10.8. The van der Waals surface area contributed by atoms with Gasteiger partial charge in [0.25, 0.3) is 0 Å². The molecule has 6 aromatic rings. The van der Waals surface area contributed by atoms with Crippen molar-refractivity contribution in [2.75, 3.05) is 0 Å². The van der Waals surface area contributed by atoms with Crippen molar-refractivity contribution in [3.05, 3.63) is 140 Å². The summed E-state index contributed by atoms with van der Waals surface area (Å²) in [5, 5.41) is 63.1. The Morgan fingerprint density at radius 2 is 0.520 bits per heavy atom. The summed E-state index contributed by atoms with van der Waals surface area (Å²) in [6.07, 6.45) is 0. The monoisotopic (exact) mass is 1070 g/mol. The highest BCUT2D eigenvalue weighted by molar-refractivity contribution is 8.00. The SMILES string of the molecule is Cc1cc(O)c(C(C)(C)C)cc1Sc1cc(C(C)(C)C)c(O)cc1C.Cc1cc(Sc2cc(C)c(O)c(C(C)(C)C)c2)cc(C(C)(C)C)c1O.Cc1cc(Sc2cc(C)cc(C(C)(C)C)c2O)c(O)c(C(C)(C)C)c1. The summed E-state index contributed by atoms with van der Waals surface area (Å²) in [6.45, 7) is 49.9. The first-order chi connectivity index (χ1) is 33.9. The molecule has 0 atom stereocenters. The molecule has 0 aliphatic heterocycles. The van der Waals surface area contributed by atoms with Gasteiger partial charge in [-0.15, -0.1) is 0 Å². The zero-order valence-corrected chi connectivity index (χ0v) is 52.3. The fraction of sp³-hybridized carbons (Fsp3) is 0.455. The maximum Gasteiger partial charge on any atom is 0.133 e. The highest BCUT2D eigenvalue weighted by atomic mass is 32.2. The molecule has 6 aromatic carbocycles. The Hall–Kier alpha value is -4.83. The zero-order chi connectivity index (χ0) is 57.5. The topological polar surface area (TPSA) is 121 Å². The second-order valence-electron chi connectivity index (χ2n) is 26.7. The Balaban J connectivity index is 0.000000243. The van der Waals surface area contributed by atoms with Crippen LogP contribution in [0.2, 0.25) is 0 Å². The van der Waals surface area contributed by atoms with Gasteiger partial charge in [-0.1, -0.05) is 172 Å². The van der Waals surface area contributed by atoms with E-state index in [9.17, 15) is 30.6 Å². The Kier molecular flexibility index (Phi) is 19.2. The third kappa shape index (κ3) is 16.1. The lowest BCUT2D eigenvalue weighted by atomic mass is 9.85. The van der Waals surface area contributed by atoms with Crippen molar-refractivity contribution >= 4 is 35.3 Å². The van der Waals surface area contributed by atoms with Crippen LogP contribution in [0.25, 0.3) is 0 Å². The zero-order valence-electron chi connectivity index (χ0n) is 49.8. The highest BCUT2D eigenvalue weighted by Gasteiger charge is 2.27. The van der Waals surface area contributed by atoms with Gasteiger partial charge in [0.05, 0.1) is 9.79 Å². The van der Waals surface area contributed by atoms with Gasteiger partial charge >= 0.3 is 0 Å². The maximum absolute atomic E-state index is 10.8. The predicted molar refractivity (Wildman–Crippen MR) is 322 cm³/mol. The van der Waals surface area contributed by atoms with Gasteiger partial charge in [-0.05, 0) is 168 Å². The second kappa shape index (κ2) is 23.0. The standard InChI is InChI=1S/3C22H30O2S/c1-13-9-17(23)15(21(3,4)5)11-19(13)25-20-12-16(22(6,7)8)18(24)10-14(20)2;1-13-9-15(11-17(19(13)23)21(3,4)5)25-16-10-14(2)20(24)18(12-16)22(6,7)8;1-13-9-15(21(3,4)5)19(23)17(11-13)25-18-12-14(2)10-16(20(18)24)22(6,7)8/h3*9-12,23-24H,1-8H3. The molecule has 0 heterocycles. The highest BCUT2D eigenvalue weighted by Crippen LogP contribution is 2.48. The number of phenols is 6. The average Bonchev–Trinajstić information content (AvgIpc) is 3.22. The average molecular weight is 1080 g/mol. The smallest absolute Gasteiger partial charge is 0.133 e. The molecule has 0 saturated heterocycles. The molecule has 0 aliphatic rings. The number of benzene rings is 6. The Labute approximate surface area is 465 Å². The van der Waals surface area contributed by atoms with E-state index >= 15 is 0 Å². The second-order valence-corrected chi connectivity index (χ2v) is 30.0. The number of hydrogen-bond donors (Lipinski definition) is 6. The fourth-order valence-corrected chi connectivity index (χ4v) is 12.0. The molecule has 0 amide bonds. The number of phenolic OH excluding ortho intramolecular Hbond substituents is 6. The predicted octanol–water partition coefficient (Wildman–Crippen LogP) is 19.4. The van der Waals surface area contributed by atoms with Crippen molar-refractivity contribution in [1.29, 1.82) is 0 Å². The van der Waals surface area contributed by atoms with Crippen molar-refractivity contribution < 1.29 is 30.6 Å². The van der Waals surface area contributed by atoms with Gasteiger partial charge in [0.2, 0.25) is 0 Å². The Bertz CT molecular complexity index is 2830. The van der Waals surface area contributed by atoms with Crippen LogP contribution in [0.5, 0.6) is 34.5 Å². The van der Waals surface area contributed by atoms with E-state index in [2.05, 4.69) is 149 Å². The number of rotatable bonds is 6.